The van der Waals surface area contributed by atoms with E-state index < -0.39 is 23.0 Å². The first-order valence-electron chi connectivity index (χ1n) is 9.51. The Kier molecular flexibility index (Phi) is 5.55. The molecule has 0 radical (unpaired) electrons. The summed E-state index contributed by atoms with van der Waals surface area (Å²) in [6, 6.07) is 2.24. The summed E-state index contributed by atoms with van der Waals surface area (Å²) in [4.78, 5) is 27.2. The molecule has 0 bridgehead atoms. The second-order valence-corrected chi connectivity index (χ2v) is 6.91. The Labute approximate surface area is 174 Å². The summed E-state index contributed by atoms with van der Waals surface area (Å²) in [5.74, 6) is -2.10. The van der Waals surface area contributed by atoms with E-state index >= 15 is 0 Å². The van der Waals surface area contributed by atoms with Gasteiger partial charge in [-0.05, 0) is 37.1 Å². The van der Waals surface area contributed by atoms with Gasteiger partial charge in [0.25, 0.3) is 5.56 Å². The van der Waals surface area contributed by atoms with Crippen LogP contribution in [0.3, 0.4) is 0 Å². The highest BCUT2D eigenvalue weighted by Crippen LogP contribution is 2.22. The zero-order valence-electron chi connectivity index (χ0n) is 16.7. The Morgan fingerprint density at radius 3 is 2.71 bits per heavy atom. The maximum absolute atomic E-state index is 14.4. The molecule has 0 saturated heterocycles. The second-order valence-electron chi connectivity index (χ2n) is 6.91. The van der Waals surface area contributed by atoms with Gasteiger partial charge in [-0.15, -0.1) is 0 Å². The molecule has 0 amide bonds. The molecular formula is C21H18F3N5O2. The Hall–Kier alpha value is -3.53. The van der Waals surface area contributed by atoms with E-state index in [1.165, 1.54) is 13.1 Å². The maximum Gasteiger partial charge on any atom is 0.287 e. The quantitative estimate of drug-likeness (QED) is 0.508. The smallest absolute Gasteiger partial charge is 0.287 e. The van der Waals surface area contributed by atoms with Gasteiger partial charge in [-0.3, -0.25) is 4.79 Å². The number of nitrogens with zero attached hydrogens (tertiary/aromatic N) is 4. The lowest BCUT2D eigenvalue weighted by Gasteiger charge is -2.10. The van der Waals surface area contributed by atoms with E-state index in [0.29, 0.717) is 17.9 Å². The molecule has 160 valence electrons. The highest BCUT2D eigenvalue weighted by molar-refractivity contribution is 5.55. The molecule has 4 rings (SSSR count). The molecule has 0 aliphatic heterocycles. The van der Waals surface area contributed by atoms with Gasteiger partial charge in [-0.25, -0.2) is 23.7 Å². The highest BCUT2D eigenvalue weighted by Gasteiger charge is 2.17. The number of aromatic amines is 1. The SMILES string of the molecule is CCOCc1nc(-c2cn3ccnc3c(Cc3cc(F)c(C)cc3F)n2)[nH]c(=O)c1F. The van der Waals surface area contributed by atoms with Crippen LogP contribution in [0.4, 0.5) is 13.2 Å². The first-order chi connectivity index (χ1) is 14.9. The third-order valence-electron chi connectivity index (χ3n) is 4.75. The number of H-pyrrole nitrogens is 1. The zero-order chi connectivity index (χ0) is 22.1. The van der Waals surface area contributed by atoms with Crippen LogP contribution in [0.5, 0.6) is 0 Å². The molecule has 0 aliphatic rings. The summed E-state index contributed by atoms with van der Waals surface area (Å²) >= 11 is 0. The first kappa shape index (κ1) is 20.7. The van der Waals surface area contributed by atoms with Crippen LogP contribution in [0.2, 0.25) is 0 Å². The minimum absolute atomic E-state index is 0.0218. The lowest BCUT2D eigenvalue weighted by Crippen LogP contribution is -2.18. The average Bonchev–Trinajstić information content (AvgIpc) is 3.22. The van der Waals surface area contributed by atoms with Gasteiger partial charge >= 0.3 is 0 Å². The molecule has 3 aromatic heterocycles. The summed E-state index contributed by atoms with van der Waals surface area (Å²) in [7, 11) is 0. The largest absolute Gasteiger partial charge is 0.375 e. The van der Waals surface area contributed by atoms with Crippen LogP contribution >= 0.6 is 0 Å². The first-order valence-corrected chi connectivity index (χ1v) is 9.51. The summed E-state index contributed by atoms with van der Waals surface area (Å²) < 4.78 is 49.3. The van der Waals surface area contributed by atoms with E-state index in [4.69, 9.17) is 4.74 Å². The number of imidazole rings is 1. The van der Waals surface area contributed by atoms with Crippen molar-refractivity contribution in [1.82, 2.24) is 24.3 Å². The molecule has 0 spiro atoms. The van der Waals surface area contributed by atoms with Crippen molar-refractivity contribution < 1.29 is 17.9 Å². The van der Waals surface area contributed by atoms with E-state index in [2.05, 4.69) is 19.9 Å². The molecule has 0 saturated carbocycles. The van der Waals surface area contributed by atoms with Crippen molar-refractivity contribution in [3.8, 4) is 11.5 Å². The Morgan fingerprint density at radius 2 is 1.94 bits per heavy atom. The van der Waals surface area contributed by atoms with E-state index in [-0.39, 0.29) is 41.4 Å². The van der Waals surface area contributed by atoms with Crippen LogP contribution in [-0.2, 0) is 17.8 Å². The molecular weight excluding hydrogens is 411 g/mol. The number of rotatable bonds is 6. The summed E-state index contributed by atoms with van der Waals surface area (Å²) in [6.07, 6.45) is 4.67. The predicted molar refractivity (Wildman–Crippen MR) is 106 cm³/mol. The van der Waals surface area contributed by atoms with Crippen LogP contribution in [0.1, 0.15) is 29.4 Å². The number of nitrogens with one attached hydrogen (secondary N) is 1. The van der Waals surface area contributed by atoms with Crippen molar-refractivity contribution in [3.63, 3.8) is 0 Å². The Bertz CT molecular complexity index is 1330. The molecule has 0 fully saturated rings. The highest BCUT2D eigenvalue weighted by atomic mass is 19.1. The van der Waals surface area contributed by atoms with Crippen molar-refractivity contribution in [2.75, 3.05) is 6.61 Å². The standard InChI is InChI=1S/C21H18F3N5O2/c1-3-31-10-17-18(24)21(30)28-19(27-17)16-9-29-5-4-25-20(29)15(26-16)8-12-7-13(22)11(2)6-14(12)23/h4-7,9H,3,8,10H2,1-2H3,(H,27,28,30). The number of benzene rings is 1. The second kappa shape index (κ2) is 8.31. The number of aryl methyl sites for hydroxylation is 1. The third-order valence-corrected chi connectivity index (χ3v) is 4.75. The van der Waals surface area contributed by atoms with Gasteiger partial charge in [0, 0.05) is 31.6 Å². The van der Waals surface area contributed by atoms with Crippen molar-refractivity contribution >= 4 is 5.65 Å². The van der Waals surface area contributed by atoms with Gasteiger partial charge in [-0.1, -0.05) is 0 Å². The zero-order valence-corrected chi connectivity index (χ0v) is 16.7. The average molecular weight is 429 g/mol. The molecule has 3 heterocycles. The molecule has 0 atom stereocenters. The van der Waals surface area contributed by atoms with Crippen LogP contribution < -0.4 is 5.56 Å². The lowest BCUT2D eigenvalue weighted by atomic mass is 10.1. The van der Waals surface area contributed by atoms with E-state index in [1.807, 2.05) is 0 Å². The molecule has 31 heavy (non-hydrogen) atoms. The predicted octanol–water partition coefficient (Wildman–Crippen LogP) is 3.33. The summed E-state index contributed by atoms with van der Waals surface area (Å²) in [5, 5.41) is 0. The van der Waals surface area contributed by atoms with Gasteiger partial charge in [-0.2, -0.15) is 4.39 Å². The van der Waals surface area contributed by atoms with Crippen molar-refractivity contribution in [2.45, 2.75) is 26.9 Å². The van der Waals surface area contributed by atoms with Gasteiger partial charge in [0.05, 0.1) is 12.3 Å². The number of aromatic nitrogens is 5. The van der Waals surface area contributed by atoms with Gasteiger partial charge in [0.1, 0.15) is 23.0 Å². The van der Waals surface area contributed by atoms with Gasteiger partial charge in [0.2, 0.25) is 5.82 Å². The lowest BCUT2D eigenvalue weighted by molar-refractivity contribution is 0.128. The third kappa shape index (κ3) is 4.06. The van der Waals surface area contributed by atoms with E-state index in [0.717, 1.165) is 12.1 Å². The fraction of sp³-hybridized carbons (Fsp3) is 0.238. The minimum atomic E-state index is -1.03. The topological polar surface area (TPSA) is 85.2 Å². The van der Waals surface area contributed by atoms with Gasteiger partial charge in [0.15, 0.2) is 11.5 Å². The van der Waals surface area contributed by atoms with Crippen LogP contribution in [0.25, 0.3) is 17.2 Å². The molecule has 1 N–H and O–H groups in total. The van der Waals surface area contributed by atoms with Crippen LogP contribution in [0.15, 0.2) is 35.5 Å². The Balaban J connectivity index is 1.82. The summed E-state index contributed by atoms with van der Waals surface area (Å²) in [6.45, 7) is 3.36. The number of ether oxygens (including phenoxy) is 1. The molecule has 4 aromatic rings. The monoisotopic (exact) mass is 429 g/mol. The number of fused-ring (bicyclic) bond motifs is 1. The fourth-order valence-electron chi connectivity index (χ4n) is 3.15. The minimum Gasteiger partial charge on any atom is -0.375 e. The normalized spacial score (nSPS) is 11.4. The van der Waals surface area contributed by atoms with Gasteiger partial charge < -0.3 is 14.1 Å². The molecule has 0 unspecified atom stereocenters. The molecule has 10 heteroatoms. The summed E-state index contributed by atoms with van der Waals surface area (Å²) in [5.41, 5.74) is 0.176. The number of hydrogen-bond donors (Lipinski definition) is 1. The van der Waals surface area contributed by atoms with Crippen molar-refractivity contribution in [3.05, 3.63) is 81.0 Å². The molecule has 1 aromatic carbocycles. The van der Waals surface area contributed by atoms with Crippen LogP contribution in [0, 0.1) is 24.4 Å². The van der Waals surface area contributed by atoms with E-state index in [1.54, 1.807) is 23.7 Å². The fourth-order valence-corrected chi connectivity index (χ4v) is 3.15. The van der Waals surface area contributed by atoms with Crippen LogP contribution in [-0.4, -0.2) is 30.9 Å². The molecule has 7 nitrogen and oxygen atoms in total. The molecule has 0 aliphatic carbocycles. The number of hydrogen-bond acceptors (Lipinski definition) is 5. The maximum atomic E-state index is 14.4. The van der Waals surface area contributed by atoms with Crippen molar-refractivity contribution in [1.29, 1.82) is 0 Å². The number of halogens is 3. The van der Waals surface area contributed by atoms with Crippen molar-refractivity contribution in [2.24, 2.45) is 0 Å². The van der Waals surface area contributed by atoms with E-state index in [9.17, 15) is 18.0 Å². The Morgan fingerprint density at radius 1 is 1.13 bits per heavy atom.